The fourth-order valence-corrected chi connectivity index (χ4v) is 3.88. The van der Waals surface area contributed by atoms with Crippen molar-refractivity contribution in [3.8, 4) is 0 Å². The summed E-state index contributed by atoms with van der Waals surface area (Å²) in [6, 6.07) is -0.0670. The molecule has 0 bridgehead atoms. The van der Waals surface area contributed by atoms with E-state index in [1.807, 2.05) is 18.7 Å². The molecule has 0 radical (unpaired) electrons. The summed E-state index contributed by atoms with van der Waals surface area (Å²) in [7, 11) is -2.11. The summed E-state index contributed by atoms with van der Waals surface area (Å²) in [5.74, 6) is -0.196. The van der Waals surface area contributed by atoms with Crippen LogP contribution in [0.5, 0.6) is 0 Å². The fourth-order valence-electron chi connectivity index (χ4n) is 2.00. The fraction of sp³-hybridized carbons (Fsp3) is 0.750. The van der Waals surface area contributed by atoms with E-state index in [0.29, 0.717) is 18.8 Å². The van der Waals surface area contributed by atoms with E-state index in [4.69, 9.17) is 4.53 Å². The van der Waals surface area contributed by atoms with Crippen molar-refractivity contribution in [2.75, 3.05) is 18.0 Å². The van der Waals surface area contributed by atoms with E-state index >= 15 is 0 Å². The van der Waals surface area contributed by atoms with Crippen molar-refractivity contribution >= 4 is 30.7 Å². The van der Waals surface area contributed by atoms with Crippen LogP contribution in [0, 0.1) is 0 Å². The molecule has 1 fully saturated rings. The molecule has 0 spiro atoms. The van der Waals surface area contributed by atoms with Crippen LogP contribution >= 0.6 is 11.3 Å². The number of carbonyl (C=O) groups is 1. The molecule has 1 amide bonds. The van der Waals surface area contributed by atoms with Gasteiger partial charge in [0.1, 0.15) is 5.69 Å². The number of β-amino-alcohol motifs (C(OH)–C–C–N with tert-alkyl or cyclic N) is 1. The van der Waals surface area contributed by atoms with Gasteiger partial charge in [-0.3, -0.25) is 4.79 Å². The lowest BCUT2D eigenvalue weighted by molar-refractivity contribution is -0.0658. The first-order valence-corrected chi connectivity index (χ1v) is 12.1. The zero-order valence-corrected chi connectivity index (χ0v) is 17.5. The number of hydrogen-bond acceptors (Lipinski definition) is 6. The Labute approximate surface area is 149 Å². The van der Waals surface area contributed by atoms with Crippen molar-refractivity contribution < 1.29 is 14.4 Å². The number of hydroxylamine groups is 2. The second kappa shape index (κ2) is 6.74. The Bertz CT molecular complexity index is 592. The smallest absolute Gasteiger partial charge is 0.296 e. The van der Waals surface area contributed by atoms with Crippen LogP contribution < -0.4 is 4.90 Å². The van der Waals surface area contributed by atoms with Crippen molar-refractivity contribution in [2.45, 2.75) is 64.9 Å². The van der Waals surface area contributed by atoms with Crippen molar-refractivity contribution in [3.63, 3.8) is 0 Å². The van der Waals surface area contributed by atoms with Crippen LogP contribution in [-0.4, -0.2) is 54.6 Å². The third kappa shape index (κ3) is 3.99. The average molecular weight is 372 g/mol. The number of anilines is 1. The van der Waals surface area contributed by atoms with Gasteiger partial charge in [-0.05, 0) is 32.0 Å². The largest absolute Gasteiger partial charge is 0.389 e. The number of thiazole rings is 1. The van der Waals surface area contributed by atoms with Crippen LogP contribution in [-0.2, 0) is 4.53 Å². The van der Waals surface area contributed by atoms with Gasteiger partial charge in [-0.1, -0.05) is 20.8 Å². The predicted molar refractivity (Wildman–Crippen MR) is 99.9 cm³/mol. The predicted octanol–water partition coefficient (Wildman–Crippen LogP) is 3.11. The quantitative estimate of drug-likeness (QED) is 0.636. The van der Waals surface area contributed by atoms with E-state index in [0.717, 1.165) is 5.13 Å². The lowest BCUT2D eigenvalue weighted by Crippen LogP contribution is -2.51. The average Bonchev–Trinajstić information content (AvgIpc) is 2.88. The lowest BCUT2D eigenvalue weighted by Gasteiger charge is -2.40. The summed E-state index contributed by atoms with van der Waals surface area (Å²) in [4.78, 5) is 19.3. The zero-order valence-electron chi connectivity index (χ0n) is 15.7. The summed E-state index contributed by atoms with van der Waals surface area (Å²) in [6.45, 7) is 15.8. The van der Waals surface area contributed by atoms with Gasteiger partial charge in [0, 0.05) is 18.5 Å². The molecule has 136 valence electrons. The number of nitrogens with zero attached hydrogens (tertiary/aromatic N) is 3. The maximum absolute atomic E-state index is 12.9. The second-order valence-electron chi connectivity index (χ2n) is 8.15. The second-order valence-corrected chi connectivity index (χ2v) is 13.7. The minimum absolute atomic E-state index is 0.0153. The normalized spacial score (nSPS) is 16.5. The molecule has 2 heterocycles. The highest BCUT2D eigenvalue weighted by molar-refractivity contribution is 7.14. The molecule has 2 rings (SSSR count). The van der Waals surface area contributed by atoms with Crippen molar-refractivity contribution in [2.24, 2.45) is 0 Å². The minimum Gasteiger partial charge on any atom is -0.389 e. The van der Waals surface area contributed by atoms with Crippen LogP contribution in [0.2, 0.25) is 18.1 Å². The van der Waals surface area contributed by atoms with E-state index in [2.05, 4.69) is 38.8 Å². The number of aliphatic hydroxyl groups excluding tert-OH is 1. The van der Waals surface area contributed by atoms with Gasteiger partial charge in [-0.2, -0.15) is 0 Å². The Morgan fingerprint density at radius 2 is 2.04 bits per heavy atom. The number of carbonyl (C=O) groups excluding carboxylic acids is 1. The first-order valence-electron chi connectivity index (χ1n) is 8.33. The molecule has 1 aromatic heterocycles. The Morgan fingerprint density at radius 1 is 1.46 bits per heavy atom. The highest BCUT2D eigenvalue weighted by Crippen LogP contribution is 2.38. The first-order chi connectivity index (χ1) is 10.9. The van der Waals surface area contributed by atoms with Crippen LogP contribution in [0.4, 0.5) is 5.13 Å². The third-order valence-electron chi connectivity index (χ3n) is 4.65. The minimum atomic E-state index is -2.11. The Morgan fingerprint density at radius 3 is 2.50 bits per heavy atom. The SMILES string of the molecule is CC(C)N(O[Si](C)(C)C(C)(C)C)C(=O)c1csc(N2CC(O)C2)n1. The van der Waals surface area contributed by atoms with Gasteiger partial charge >= 0.3 is 0 Å². The Hall–Kier alpha value is -0.963. The zero-order chi connectivity index (χ0) is 18.3. The van der Waals surface area contributed by atoms with Gasteiger partial charge in [-0.15, -0.1) is 11.3 Å². The van der Waals surface area contributed by atoms with Crippen LogP contribution in [0.1, 0.15) is 45.1 Å². The van der Waals surface area contributed by atoms with Crippen LogP contribution in [0.25, 0.3) is 0 Å². The van der Waals surface area contributed by atoms with E-state index in [1.54, 1.807) is 5.38 Å². The maximum Gasteiger partial charge on any atom is 0.296 e. The molecule has 8 heteroatoms. The number of aromatic nitrogens is 1. The lowest BCUT2D eigenvalue weighted by atomic mass is 10.2. The van der Waals surface area contributed by atoms with Crippen molar-refractivity contribution in [1.29, 1.82) is 0 Å². The molecule has 0 unspecified atom stereocenters. The Kier molecular flexibility index (Phi) is 5.44. The van der Waals surface area contributed by atoms with Gasteiger partial charge in [0.25, 0.3) is 5.91 Å². The highest BCUT2D eigenvalue weighted by Gasteiger charge is 2.42. The molecule has 6 nitrogen and oxygen atoms in total. The van der Waals surface area contributed by atoms with Gasteiger partial charge in [0.05, 0.1) is 12.1 Å². The number of hydrogen-bond donors (Lipinski definition) is 1. The van der Waals surface area contributed by atoms with E-state index in [9.17, 15) is 9.90 Å². The van der Waals surface area contributed by atoms with E-state index in [1.165, 1.54) is 16.4 Å². The van der Waals surface area contributed by atoms with Gasteiger partial charge in [-0.25, -0.2) is 10.0 Å². The molecule has 1 aliphatic heterocycles. The van der Waals surface area contributed by atoms with Crippen molar-refractivity contribution in [1.82, 2.24) is 10.0 Å². The summed E-state index contributed by atoms with van der Waals surface area (Å²) in [5, 5.41) is 13.5. The highest BCUT2D eigenvalue weighted by atomic mass is 32.1. The summed E-state index contributed by atoms with van der Waals surface area (Å²) in [5.41, 5.74) is 0.406. The summed E-state index contributed by atoms with van der Waals surface area (Å²) < 4.78 is 6.24. The molecule has 1 N–H and O–H groups in total. The molecule has 24 heavy (non-hydrogen) atoms. The maximum atomic E-state index is 12.9. The molecule has 1 aliphatic rings. The summed E-state index contributed by atoms with van der Waals surface area (Å²) in [6.07, 6.45) is -0.290. The topological polar surface area (TPSA) is 65.9 Å². The van der Waals surface area contributed by atoms with Gasteiger partial charge in [0.2, 0.25) is 8.32 Å². The molecule has 0 saturated carbocycles. The van der Waals surface area contributed by atoms with Crippen LogP contribution in [0.15, 0.2) is 5.38 Å². The monoisotopic (exact) mass is 371 g/mol. The third-order valence-corrected chi connectivity index (χ3v) is 9.81. The molecule has 0 aromatic carbocycles. The number of amides is 1. The molecular weight excluding hydrogens is 342 g/mol. The molecular formula is C16H29N3O3SSi. The summed E-state index contributed by atoms with van der Waals surface area (Å²) >= 11 is 1.43. The Balaban J connectivity index is 2.15. The molecule has 1 aromatic rings. The molecule has 1 saturated heterocycles. The molecule has 0 atom stereocenters. The number of aliphatic hydroxyl groups is 1. The van der Waals surface area contributed by atoms with Gasteiger partial charge < -0.3 is 14.5 Å². The number of rotatable bonds is 5. The van der Waals surface area contributed by atoms with Crippen LogP contribution in [0.3, 0.4) is 0 Å². The molecule has 0 aliphatic carbocycles. The van der Waals surface area contributed by atoms with E-state index in [-0.39, 0.29) is 23.1 Å². The standard InChI is InChI=1S/C16H29N3O3SSi/c1-11(2)19(22-24(6,7)16(3,4)5)14(21)13-10-23-15(17-13)18-8-12(20)9-18/h10-12,20H,8-9H2,1-7H3. The van der Waals surface area contributed by atoms with Crippen molar-refractivity contribution in [3.05, 3.63) is 11.1 Å². The first kappa shape index (κ1) is 19.4. The van der Waals surface area contributed by atoms with Gasteiger partial charge in [0.15, 0.2) is 5.13 Å². The van der Waals surface area contributed by atoms with E-state index < -0.39 is 8.32 Å².